The van der Waals surface area contributed by atoms with Crippen molar-refractivity contribution in [3.63, 3.8) is 0 Å². The molecule has 25 heavy (non-hydrogen) atoms. The summed E-state index contributed by atoms with van der Waals surface area (Å²) >= 11 is 0. The number of fused-ring (bicyclic) bond motifs is 1. The molecule has 0 saturated carbocycles. The Morgan fingerprint density at radius 2 is 1.64 bits per heavy atom. The van der Waals surface area contributed by atoms with E-state index in [9.17, 15) is 19.2 Å². The molecule has 0 bridgehead atoms. The summed E-state index contributed by atoms with van der Waals surface area (Å²) in [6, 6.07) is 9.69. The predicted octanol–water partition coefficient (Wildman–Crippen LogP) is 0.688. The molecule has 2 heterocycles. The van der Waals surface area contributed by atoms with Crippen LogP contribution in [0.4, 0.5) is 0 Å². The van der Waals surface area contributed by atoms with Gasteiger partial charge < -0.3 is 9.88 Å². The molecule has 1 aromatic carbocycles. The third kappa shape index (κ3) is 3.35. The summed E-state index contributed by atoms with van der Waals surface area (Å²) < 4.78 is 1.43. The van der Waals surface area contributed by atoms with E-state index in [1.54, 1.807) is 43.6 Å². The number of carbonyl (C=O) groups excluding carboxylic acids is 3. The Kier molecular flexibility index (Phi) is 4.47. The van der Waals surface area contributed by atoms with Gasteiger partial charge in [0.15, 0.2) is 0 Å². The maximum absolute atomic E-state index is 12.2. The fraction of sp³-hybridized carbons (Fsp3) is 0.222. The van der Waals surface area contributed by atoms with Gasteiger partial charge in [-0.3, -0.25) is 24.1 Å². The van der Waals surface area contributed by atoms with Crippen molar-refractivity contribution in [2.45, 2.75) is 13.0 Å². The molecule has 0 atom stereocenters. The summed E-state index contributed by atoms with van der Waals surface area (Å²) in [5, 5.41) is 2.72. The predicted molar refractivity (Wildman–Crippen MR) is 90.0 cm³/mol. The molecule has 1 N–H and O–H groups in total. The van der Waals surface area contributed by atoms with Crippen LogP contribution in [0, 0.1) is 0 Å². The average molecular weight is 339 g/mol. The molecule has 7 heteroatoms. The van der Waals surface area contributed by atoms with Crippen LogP contribution in [0.1, 0.15) is 32.7 Å². The van der Waals surface area contributed by atoms with Crippen LogP contribution >= 0.6 is 0 Å². The Hall–Kier alpha value is -3.22. The number of rotatable bonds is 5. The van der Waals surface area contributed by atoms with Crippen LogP contribution < -0.4 is 10.9 Å². The van der Waals surface area contributed by atoms with E-state index in [0.717, 1.165) is 10.5 Å². The molecular weight excluding hydrogens is 322 g/mol. The van der Waals surface area contributed by atoms with Crippen molar-refractivity contribution in [2.24, 2.45) is 7.05 Å². The highest BCUT2D eigenvalue weighted by Crippen LogP contribution is 2.22. The lowest BCUT2D eigenvalue weighted by Gasteiger charge is -2.13. The zero-order valence-electron chi connectivity index (χ0n) is 13.7. The van der Waals surface area contributed by atoms with Crippen LogP contribution in [0.25, 0.3) is 0 Å². The fourth-order valence-corrected chi connectivity index (χ4v) is 2.70. The summed E-state index contributed by atoms with van der Waals surface area (Å²) in [4.78, 5) is 48.8. The quantitative estimate of drug-likeness (QED) is 0.812. The molecule has 0 unspecified atom stereocenters. The van der Waals surface area contributed by atoms with Gasteiger partial charge in [-0.25, -0.2) is 0 Å². The molecule has 0 fully saturated rings. The molecule has 1 aromatic heterocycles. The Bertz CT molecular complexity index is 882. The van der Waals surface area contributed by atoms with E-state index in [1.807, 2.05) is 0 Å². The molecule has 1 aliphatic rings. The van der Waals surface area contributed by atoms with Crippen molar-refractivity contribution in [2.75, 3.05) is 6.54 Å². The van der Waals surface area contributed by atoms with Crippen molar-refractivity contribution < 1.29 is 14.4 Å². The highest BCUT2D eigenvalue weighted by atomic mass is 16.2. The second kappa shape index (κ2) is 6.72. The maximum Gasteiger partial charge on any atom is 0.261 e. The highest BCUT2D eigenvalue weighted by Gasteiger charge is 2.34. The summed E-state index contributed by atoms with van der Waals surface area (Å²) in [6.45, 7) is 0.306. The van der Waals surface area contributed by atoms with Gasteiger partial charge in [-0.15, -0.1) is 0 Å². The van der Waals surface area contributed by atoms with Crippen LogP contribution in [0.2, 0.25) is 0 Å². The number of hydrogen-bond donors (Lipinski definition) is 1. The highest BCUT2D eigenvalue weighted by molar-refractivity contribution is 6.21. The number of aryl methyl sites for hydroxylation is 1. The minimum Gasteiger partial charge on any atom is -0.352 e. The Labute approximate surface area is 143 Å². The molecule has 0 radical (unpaired) electrons. The topological polar surface area (TPSA) is 88.5 Å². The minimum atomic E-state index is -0.369. The van der Waals surface area contributed by atoms with E-state index in [-0.39, 0.29) is 42.8 Å². The number of nitrogens with zero attached hydrogens (tertiary/aromatic N) is 2. The van der Waals surface area contributed by atoms with Gasteiger partial charge in [-0.1, -0.05) is 18.2 Å². The molecule has 2 aromatic rings. The average Bonchev–Trinajstić information content (AvgIpc) is 2.85. The number of hydrogen-bond acceptors (Lipinski definition) is 4. The van der Waals surface area contributed by atoms with Crippen LogP contribution in [0.5, 0.6) is 0 Å². The van der Waals surface area contributed by atoms with Crippen LogP contribution in [0.3, 0.4) is 0 Å². The van der Waals surface area contributed by atoms with Gasteiger partial charge in [0.05, 0.1) is 11.1 Å². The first-order chi connectivity index (χ1) is 12.0. The summed E-state index contributed by atoms with van der Waals surface area (Å²) in [5.41, 5.74) is 1.41. The van der Waals surface area contributed by atoms with Gasteiger partial charge in [-0.05, 0) is 17.7 Å². The number of aromatic nitrogens is 1. The van der Waals surface area contributed by atoms with Crippen molar-refractivity contribution in [3.05, 3.63) is 69.6 Å². The third-order valence-corrected chi connectivity index (χ3v) is 4.08. The van der Waals surface area contributed by atoms with Crippen molar-refractivity contribution in [3.8, 4) is 0 Å². The van der Waals surface area contributed by atoms with E-state index in [0.29, 0.717) is 11.1 Å². The van der Waals surface area contributed by atoms with E-state index in [2.05, 4.69) is 5.32 Å². The maximum atomic E-state index is 12.2. The Balaban J connectivity index is 1.54. The molecule has 3 rings (SSSR count). The van der Waals surface area contributed by atoms with Crippen molar-refractivity contribution in [1.82, 2.24) is 14.8 Å². The molecule has 128 valence electrons. The van der Waals surface area contributed by atoms with Gasteiger partial charge in [0.25, 0.3) is 11.8 Å². The lowest BCUT2D eigenvalue weighted by molar-refractivity contribution is -0.121. The van der Waals surface area contributed by atoms with Crippen molar-refractivity contribution in [1.29, 1.82) is 0 Å². The van der Waals surface area contributed by atoms with Crippen LogP contribution in [-0.4, -0.2) is 33.7 Å². The van der Waals surface area contributed by atoms with Gasteiger partial charge in [0.2, 0.25) is 11.5 Å². The monoisotopic (exact) mass is 339 g/mol. The molecule has 1 aliphatic heterocycles. The Morgan fingerprint density at radius 3 is 2.24 bits per heavy atom. The standard InChI is InChI=1S/C18H17N3O4/c1-20-11-12(6-7-16(20)23)10-19-15(22)8-9-21-17(24)13-4-2-3-5-14(13)18(21)25/h2-7,11H,8-10H2,1H3,(H,19,22). The van der Waals surface area contributed by atoms with Gasteiger partial charge in [0, 0.05) is 38.8 Å². The summed E-state index contributed by atoms with van der Waals surface area (Å²) in [5.74, 6) is -1.01. The normalized spacial score (nSPS) is 13.1. The SMILES string of the molecule is Cn1cc(CNC(=O)CCN2C(=O)c3ccccc3C2=O)ccc1=O. The molecular formula is C18H17N3O4. The molecule has 0 saturated heterocycles. The van der Waals surface area contributed by atoms with Crippen LogP contribution in [-0.2, 0) is 18.4 Å². The Morgan fingerprint density at radius 1 is 1.00 bits per heavy atom. The second-order valence-corrected chi connectivity index (χ2v) is 5.82. The van der Waals surface area contributed by atoms with Gasteiger partial charge >= 0.3 is 0 Å². The number of imide groups is 1. The van der Waals surface area contributed by atoms with E-state index < -0.39 is 0 Å². The van der Waals surface area contributed by atoms with Gasteiger partial charge in [-0.2, -0.15) is 0 Å². The first-order valence-electron chi connectivity index (χ1n) is 7.85. The lowest BCUT2D eigenvalue weighted by atomic mass is 10.1. The number of benzene rings is 1. The minimum absolute atomic E-state index is 0.0250. The molecule has 0 aliphatic carbocycles. The zero-order chi connectivity index (χ0) is 18.0. The number of amides is 3. The first-order valence-corrected chi connectivity index (χ1v) is 7.85. The number of pyridine rings is 1. The van der Waals surface area contributed by atoms with Crippen LogP contribution in [0.15, 0.2) is 47.4 Å². The first kappa shape index (κ1) is 16.6. The number of carbonyl (C=O) groups is 3. The second-order valence-electron chi connectivity index (χ2n) is 5.82. The van der Waals surface area contributed by atoms with E-state index >= 15 is 0 Å². The molecule has 0 spiro atoms. The van der Waals surface area contributed by atoms with Crippen molar-refractivity contribution >= 4 is 17.7 Å². The van der Waals surface area contributed by atoms with E-state index in [4.69, 9.17) is 0 Å². The van der Waals surface area contributed by atoms with Gasteiger partial charge in [0.1, 0.15) is 0 Å². The smallest absolute Gasteiger partial charge is 0.261 e. The third-order valence-electron chi connectivity index (χ3n) is 4.08. The zero-order valence-corrected chi connectivity index (χ0v) is 13.7. The van der Waals surface area contributed by atoms with E-state index in [1.165, 1.54) is 10.6 Å². The largest absolute Gasteiger partial charge is 0.352 e. The molecule has 7 nitrogen and oxygen atoms in total. The number of nitrogens with one attached hydrogen (secondary N) is 1. The fourth-order valence-electron chi connectivity index (χ4n) is 2.70. The summed E-state index contributed by atoms with van der Waals surface area (Å²) in [6.07, 6.45) is 1.67. The lowest BCUT2D eigenvalue weighted by Crippen LogP contribution is -2.34. The molecule has 3 amide bonds. The summed E-state index contributed by atoms with van der Waals surface area (Å²) in [7, 11) is 1.63.